The van der Waals surface area contributed by atoms with E-state index in [1.807, 2.05) is 0 Å². The van der Waals surface area contributed by atoms with Crippen LogP contribution in [0.5, 0.6) is 5.75 Å². The van der Waals surface area contributed by atoms with Gasteiger partial charge in [-0.15, -0.1) is 0 Å². The molecule has 9 nitrogen and oxygen atoms in total. The van der Waals surface area contributed by atoms with Crippen molar-refractivity contribution in [1.29, 1.82) is 0 Å². The predicted octanol–water partition coefficient (Wildman–Crippen LogP) is 1.35. The fourth-order valence-corrected chi connectivity index (χ4v) is 2.51. The van der Waals surface area contributed by atoms with Gasteiger partial charge in [0.15, 0.2) is 5.78 Å². The Bertz CT molecular complexity index is 933. The third-order valence-corrected chi connectivity index (χ3v) is 3.50. The summed E-state index contributed by atoms with van der Waals surface area (Å²) in [5.74, 6) is -3.12. The minimum Gasteiger partial charge on any atom is -0.867 e. The Balaban J connectivity index is 2.46. The number of nitro groups is 2. The smallest absolute Gasteiger partial charge is 0.288 e. The molecule has 0 radical (unpaired) electrons. The maximum atomic E-state index is 12.4. The van der Waals surface area contributed by atoms with Gasteiger partial charge in [-0.2, -0.15) is 0 Å². The van der Waals surface area contributed by atoms with Crippen molar-refractivity contribution >= 4 is 22.9 Å². The van der Waals surface area contributed by atoms with Crippen LogP contribution >= 0.6 is 0 Å². The van der Waals surface area contributed by atoms with E-state index in [0.29, 0.717) is 6.07 Å². The van der Waals surface area contributed by atoms with Gasteiger partial charge >= 0.3 is 0 Å². The molecule has 9 heteroatoms. The molecule has 1 aliphatic rings. The summed E-state index contributed by atoms with van der Waals surface area (Å²) < 4.78 is 0. The molecule has 114 valence electrons. The van der Waals surface area contributed by atoms with Crippen LogP contribution in [0.25, 0.3) is 0 Å². The number of benzene rings is 2. The van der Waals surface area contributed by atoms with Crippen molar-refractivity contribution in [2.24, 2.45) is 0 Å². The summed E-state index contributed by atoms with van der Waals surface area (Å²) in [6, 6.07) is 5.91. The van der Waals surface area contributed by atoms with E-state index >= 15 is 0 Å². The molecule has 0 heterocycles. The number of hydrogen-bond donors (Lipinski definition) is 0. The monoisotopic (exact) mass is 313 g/mol. The lowest BCUT2D eigenvalue weighted by molar-refractivity contribution is -0.403. The van der Waals surface area contributed by atoms with Gasteiger partial charge < -0.3 is 5.11 Å². The lowest BCUT2D eigenvalue weighted by atomic mass is 9.82. The molecule has 1 aliphatic carbocycles. The minimum atomic E-state index is -1.30. The van der Waals surface area contributed by atoms with E-state index in [9.17, 15) is 34.9 Å². The number of carbonyl (C=O) groups excluding carboxylic acids is 2. The number of carbonyl (C=O) groups is 2. The lowest BCUT2D eigenvalue weighted by Gasteiger charge is -2.21. The molecular weight excluding hydrogens is 308 g/mol. The Morgan fingerprint density at radius 2 is 1.26 bits per heavy atom. The highest BCUT2D eigenvalue weighted by atomic mass is 16.6. The summed E-state index contributed by atoms with van der Waals surface area (Å²) >= 11 is 0. The van der Waals surface area contributed by atoms with Gasteiger partial charge in [-0.25, -0.2) is 0 Å². The van der Waals surface area contributed by atoms with Crippen molar-refractivity contribution < 1.29 is 24.5 Å². The van der Waals surface area contributed by atoms with Gasteiger partial charge in [-0.1, -0.05) is 24.3 Å². The van der Waals surface area contributed by atoms with E-state index < -0.39 is 49.7 Å². The molecule has 23 heavy (non-hydrogen) atoms. The number of ketones is 2. The van der Waals surface area contributed by atoms with Crippen LogP contribution in [0, 0.1) is 20.2 Å². The van der Waals surface area contributed by atoms with Crippen molar-refractivity contribution in [3.8, 4) is 5.75 Å². The van der Waals surface area contributed by atoms with Gasteiger partial charge in [-0.3, -0.25) is 29.8 Å². The Morgan fingerprint density at radius 1 is 0.783 bits per heavy atom. The molecule has 0 bridgehead atoms. The first kappa shape index (κ1) is 14.3. The van der Waals surface area contributed by atoms with Gasteiger partial charge in [0.2, 0.25) is 5.78 Å². The summed E-state index contributed by atoms with van der Waals surface area (Å²) in [6.45, 7) is 0. The van der Waals surface area contributed by atoms with Crippen LogP contribution in [-0.4, -0.2) is 21.4 Å². The summed E-state index contributed by atoms with van der Waals surface area (Å²) in [4.78, 5) is 44.8. The van der Waals surface area contributed by atoms with E-state index in [1.54, 1.807) is 0 Å². The SMILES string of the molecule is O=C1c2ccccc2C(=O)c2c([O-])c([N+](=O)[O-])cc([N+](=O)[O-])c21. The number of nitrogens with zero attached hydrogens (tertiary/aromatic N) is 2. The zero-order valence-electron chi connectivity index (χ0n) is 11.1. The molecule has 0 fully saturated rings. The summed E-state index contributed by atoms with van der Waals surface area (Å²) in [7, 11) is 0. The largest absolute Gasteiger partial charge is 0.867 e. The minimum absolute atomic E-state index is 0.0821. The maximum absolute atomic E-state index is 12.4. The Morgan fingerprint density at radius 3 is 1.74 bits per heavy atom. The van der Waals surface area contributed by atoms with Crippen molar-refractivity contribution in [1.82, 2.24) is 0 Å². The zero-order valence-corrected chi connectivity index (χ0v) is 11.1. The Kier molecular flexibility index (Phi) is 2.93. The second-order valence-corrected chi connectivity index (χ2v) is 4.71. The third-order valence-electron chi connectivity index (χ3n) is 3.50. The highest BCUT2D eigenvalue weighted by Crippen LogP contribution is 2.41. The molecule has 2 aromatic carbocycles. The standard InChI is InChI=1S/C14H6N2O7/c17-12-6-3-1-2-4-7(6)13(18)11-10(12)8(15(20)21)5-9(14(11)19)16(22)23/h1-5,19H/p-1. The van der Waals surface area contributed by atoms with Crippen LogP contribution in [0.2, 0.25) is 0 Å². The quantitative estimate of drug-likeness (QED) is 0.513. The van der Waals surface area contributed by atoms with Crippen molar-refractivity contribution in [3.63, 3.8) is 0 Å². The molecule has 3 rings (SSSR count). The first-order valence-corrected chi connectivity index (χ1v) is 6.19. The van der Waals surface area contributed by atoms with Gasteiger partial charge in [0.05, 0.1) is 15.9 Å². The number of fused-ring (bicyclic) bond motifs is 2. The van der Waals surface area contributed by atoms with Gasteiger partial charge in [0.25, 0.3) is 11.4 Å². The lowest BCUT2D eigenvalue weighted by Crippen LogP contribution is -2.24. The first-order valence-electron chi connectivity index (χ1n) is 6.19. The van der Waals surface area contributed by atoms with Crippen LogP contribution in [0.4, 0.5) is 11.4 Å². The van der Waals surface area contributed by atoms with Crippen LogP contribution in [0.1, 0.15) is 31.8 Å². The molecule has 0 amide bonds. The number of hydrogen-bond acceptors (Lipinski definition) is 7. The molecule has 0 aliphatic heterocycles. The molecule has 0 aromatic heterocycles. The van der Waals surface area contributed by atoms with E-state index in [1.165, 1.54) is 24.3 Å². The second kappa shape index (κ2) is 4.70. The fraction of sp³-hybridized carbons (Fsp3) is 0. The zero-order chi connectivity index (χ0) is 16.9. The number of rotatable bonds is 2. The molecule has 0 spiro atoms. The Hall–Kier alpha value is -3.62. The maximum Gasteiger partial charge on any atom is 0.288 e. The van der Waals surface area contributed by atoms with Crippen LogP contribution in [-0.2, 0) is 0 Å². The van der Waals surface area contributed by atoms with E-state index in [-0.39, 0.29) is 11.1 Å². The average Bonchev–Trinajstić information content (AvgIpc) is 2.51. The van der Waals surface area contributed by atoms with Crippen LogP contribution in [0.3, 0.4) is 0 Å². The summed E-state index contributed by atoms with van der Waals surface area (Å²) in [6.07, 6.45) is 0. The number of nitro benzene ring substituents is 2. The molecule has 0 atom stereocenters. The second-order valence-electron chi connectivity index (χ2n) is 4.71. The van der Waals surface area contributed by atoms with Crippen molar-refractivity contribution in [2.45, 2.75) is 0 Å². The van der Waals surface area contributed by atoms with E-state index in [4.69, 9.17) is 0 Å². The van der Waals surface area contributed by atoms with E-state index in [2.05, 4.69) is 0 Å². The van der Waals surface area contributed by atoms with Crippen LogP contribution in [0.15, 0.2) is 30.3 Å². The molecule has 0 unspecified atom stereocenters. The summed E-state index contributed by atoms with van der Waals surface area (Å²) in [5, 5.41) is 34.2. The average molecular weight is 313 g/mol. The highest BCUT2D eigenvalue weighted by molar-refractivity contribution is 6.31. The van der Waals surface area contributed by atoms with E-state index in [0.717, 1.165) is 0 Å². The molecule has 0 saturated carbocycles. The highest BCUT2D eigenvalue weighted by Gasteiger charge is 2.38. The van der Waals surface area contributed by atoms with Gasteiger partial charge in [0, 0.05) is 16.7 Å². The van der Waals surface area contributed by atoms with Gasteiger partial charge in [0.1, 0.15) is 5.56 Å². The third kappa shape index (κ3) is 1.87. The predicted molar refractivity (Wildman–Crippen MR) is 72.5 cm³/mol. The fourth-order valence-electron chi connectivity index (χ4n) is 2.51. The molecule has 2 aromatic rings. The first-order chi connectivity index (χ1) is 10.8. The normalized spacial score (nSPS) is 12.5. The topological polar surface area (TPSA) is 143 Å². The van der Waals surface area contributed by atoms with Gasteiger partial charge in [-0.05, 0) is 5.75 Å². The van der Waals surface area contributed by atoms with Crippen molar-refractivity contribution in [3.05, 3.63) is 72.8 Å². The van der Waals surface area contributed by atoms with Crippen molar-refractivity contribution in [2.75, 3.05) is 0 Å². The molecular formula is C14H5N2O7-. The summed E-state index contributed by atoms with van der Waals surface area (Å²) in [5.41, 5.74) is -3.77. The molecule has 0 N–H and O–H groups in total. The molecule has 0 saturated heterocycles. The van der Waals surface area contributed by atoms with Crippen LogP contribution < -0.4 is 5.11 Å². The Labute approximate surface area is 127 Å².